The topological polar surface area (TPSA) is 46.3 Å². The normalized spacial score (nSPS) is 18.1. The summed E-state index contributed by atoms with van der Waals surface area (Å²) < 4.78 is 19.2. The molecule has 3 heterocycles. The van der Waals surface area contributed by atoms with Gasteiger partial charge in [0.05, 0.1) is 23.4 Å². The Labute approximate surface area is 151 Å². The van der Waals surface area contributed by atoms with Crippen molar-refractivity contribution in [3.63, 3.8) is 0 Å². The summed E-state index contributed by atoms with van der Waals surface area (Å²) in [6.45, 7) is 2.52. The first kappa shape index (κ1) is 16.8. The summed E-state index contributed by atoms with van der Waals surface area (Å²) in [5.41, 5.74) is 1.79. The SMILES string of the molecule is Cc1cc(C(=O)N2CCCCCC2c2ccco2)c2ccc(F)cc2n1. The van der Waals surface area contributed by atoms with E-state index in [1.165, 1.54) is 12.1 Å². The van der Waals surface area contributed by atoms with Gasteiger partial charge in [-0.15, -0.1) is 0 Å². The molecule has 1 atom stereocenters. The van der Waals surface area contributed by atoms with Crippen molar-refractivity contribution in [1.29, 1.82) is 0 Å². The van der Waals surface area contributed by atoms with E-state index in [-0.39, 0.29) is 17.8 Å². The number of hydrogen-bond acceptors (Lipinski definition) is 3. The lowest BCUT2D eigenvalue weighted by molar-refractivity contribution is 0.0660. The van der Waals surface area contributed by atoms with Crippen molar-refractivity contribution >= 4 is 16.8 Å². The molecular weight excluding hydrogens is 331 g/mol. The van der Waals surface area contributed by atoms with Gasteiger partial charge in [-0.2, -0.15) is 0 Å². The lowest BCUT2D eigenvalue weighted by atomic mass is 10.0. The van der Waals surface area contributed by atoms with Gasteiger partial charge in [0.15, 0.2) is 0 Å². The Morgan fingerprint density at radius 3 is 2.92 bits per heavy atom. The van der Waals surface area contributed by atoms with Crippen LogP contribution in [0.2, 0.25) is 0 Å². The zero-order chi connectivity index (χ0) is 18.1. The molecule has 0 radical (unpaired) electrons. The summed E-state index contributed by atoms with van der Waals surface area (Å²) in [4.78, 5) is 19.8. The third kappa shape index (κ3) is 3.09. The Bertz CT molecular complexity index is 931. The van der Waals surface area contributed by atoms with Crippen molar-refractivity contribution in [3.05, 3.63) is 65.5 Å². The number of fused-ring (bicyclic) bond motifs is 1. The molecule has 0 aliphatic carbocycles. The van der Waals surface area contributed by atoms with Crippen LogP contribution in [-0.2, 0) is 0 Å². The molecule has 1 fully saturated rings. The molecule has 4 nitrogen and oxygen atoms in total. The van der Waals surface area contributed by atoms with Gasteiger partial charge in [0, 0.05) is 23.7 Å². The van der Waals surface area contributed by atoms with Gasteiger partial charge in [-0.1, -0.05) is 12.8 Å². The number of aromatic nitrogens is 1. The Kier molecular flexibility index (Phi) is 4.45. The van der Waals surface area contributed by atoms with Crippen molar-refractivity contribution in [2.45, 2.75) is 38.6 Å². The zero-order valence-corrected chi connectivity index (χ0v) is 14.7. The van der Waals surface area contributed by atoms with Gasteiger partial charge in [-0.05, 0) is 50.1 Å². The van der Waals surface area contributed by atoms with E-state index in [0.29, 0.717) is 28.7 Å². The number of furan rings is 1. The molecule has 1 amide bonds. The lowest BCUT2D eigenvalue weighted by Gasteiger charge is -2.29. The Hall–Kier alpha value is -2.69. The fourth-order valence-corrected chi connectivity index (χ4v) is 3.79. The minimum atomic E-state index is -0.350. The highest BCUT2D eigenvalue weighted by Crippen LogP contribution is 2.33. The summed E-state index contributed by atoms with van der Waals surface area (Å²) in [6.07, 6.45) is 5.67. The van der Waals surface area contributed by atoms with E-state index in [4.69, 9.17) is 4.42 Å². The molecule has 3 aromatic rings. The first-order chi connectivity index (χ1) is 12.6. The van der Waals surface area contributed by atoms with Crippen LogP contribution in [0.1, 0.15) is 53.5 Å². The van der Waals surface area contributed by atoms with Gasteiger partial charge in [-0.3, -0.25) is 9.78 Å². The van der Waals surface area contributed by atoms with Crippen molar-refractivity contribution in [2.75, 3.05) is 6.54 Å². The van der Waals surface area contributed by atoms with Crippen LogP contribution in [0.4, 0.5) is 4.39 Å². The first-order valence-corrected chi connectivity index (χ1v) is 9.05. The summed E-state index contributed by atoms with van der Waals surface area (Å²) in [5, 5.41) is 0.685. The van der Waals surface area contributed by atoms with Crippen LogP contribution < -0.4 is 0 Å². The van der Waals surface area contributed by atoms with E-state index in [9.17, 15) is 9.18 Å². The average molecular weight is 352 g/mol. The number of likely N-dealkylation sites (tertiary alicyclic amines) is 1. The van der Waals surface area contributed by atoms with E-state index < -0.39 is 0 Å². The van der Waals surface area contributed by atoms with E-state index in [0.717, 1.165) is 31.4 Å². The molecule has 5 heteroatoms. The third-order valence-electron chi connectivity index (χ3n) is 5.02. The summed E-state index contributed by atoms with van der Waals surface area (Å²) in [6, 6.07) is 9.92. The Morgan fingerprint density at radius 2 is 2.12 bits per heavy atom. The van der Waals surface area contributed by atoms with E-state index in [2.05, 4.69) is 4.98 Å². The highest BCUT2D eigenvalue weighted by Gasteiger charge is 2.30. The van der Waals surface area contributed by atoms with Crippen LogP contribution in [0.5, 0.6) is 0 Å². The molecule has 0 saturated carbocycles. The minimum Gasteiger partial charge on any atom is -0.467 e. The quantitative estimate of drug-likeness (QED) is 0.650. The second-order valence-corrected chi connectivity index (χ2v) is 6.85. The predicted molar refractivity (Wildman–Crippen MR) is 97.4 cm³/mol. The van der Waals surface area contributed by atoms with Crippen LogP contribution in [-0.4, -0.2) is 22.3 Å². The molecule has 134 valence electrons. The molecule has 0 bridgehead atoms. The molecule has 0 spiro atoms. The smallest absolute Gasteiger partial charge is 0.255 e. The monoisotopic (exact) mass is 352 g/mol. The van der Waals surface area contributed by atoms with Gasteiger partial charge in [0.1, 0.15) is 11.6 Å². The Balaban J connectivity index is 1.79. The molecular formula is C21H21FN2O2. The Morgan fingerprint density at radius 1 is 1.23 bits per heavy atom. The average Bonchev–Trinajstić information content (AvgIpc) is 3.04. The van der Waals surface area contributed by atoms with Crippen LogP contribution >= 0.6 is 0 Å². The lowest BCUT2D eigenvalue weighted by Crippen LogP contribution is -2.35. The van der Waals surface area contributed by atoms with Crippen molar-refractivity contribution in [2.24, 2.45) is 0 Å². The maximum Gasteiger partial charge on any atom is 0.255 e. The van der Waals surface area contributed by atoms with Crippen LogP contribution in [0.25, 0.3) is 10.9 Å². The van der Waals surface area contributed by atoms with E-state index in [1.807, 2.05) is 24.0 Å². The number of hydrogen-bond donors (Lipinski definition) is 0. The molecule has 26 heavy (non-hydrogen) atoms. The summed E-state index contributed by atoms with van der Waals surface area (Å²) >= 11 is 0. The third-order valence-corrected chi connectivity index (χ3v) is 5.02. The molecule has 1 aliphatic heterocycles. The number of carbonyl (C=O) groups is 1. The number of amides is 1. The van der Waals surface area contributed by atoms with Crippen LogP contribution in [0.3, 0.4) is 0 Å². The largest absolute Gasteiger partial charge is 0.467 e. The molecule has 1 saturated heterocycles. The van der Waals surface area contributed by atoms with Gasteiger partial charge < -0.3 is 9.32 Å². The maximum absolute atomic E-state index is 13.6. The minimum absolute atomic E-state index is 0.0459. The first-order valence-electron chi connectivity index (χ1n) is 9.05. The van der Waals surface area contributed by atoms with Gasteiger partial charge in [0.2, 0.25) is 0 Å². The predicted octanol–water partition coefficient (Wildman–Crippen LogP) is 5.03. The molecule has 2 aromatic heterocycles. The number of benzene rings is 1. The highest BCUT2D eigenvalue weighted by atomic mass is 19.1. The van der Waals surface area contributed by atoms with Crippen LogP contribution in [0.15, 0.2) is 47.1 Å². The number of nitrogens with zero attached hydrogens (tertiary/aromatic N) is 2. The number of rotatable bonds is 2. The van der Waals surface area contributed by atoms with Crippen molar-refractivity contribution < 1.29 is 13.6 Å². The fourth-order valence-electron chi connectivity index (χ4n) is 3.79. The van der Waals surface area contributed by atoms with Crippen molar-refractivity contribution in [3.8, 4) is 0 Å². The maximum atomic E-state index is 13.6. The number of halogens is 1. The standard InChI is InChI=1S/C21H21FN2O2/c1-14-12-17(16-9-8-15(22)13-18(16)23-14)21(25)24-10-4-2-3-6-19(24)20-7-5-11-26-20/h5,7-9,11-13,19H,2-4,6,10H2,1H3. The van der Waals surface area contributed by atoms with E-state index >= 15 is 0 Å². The second-order valence-electron chi connectivity index (χ2n) is 6.85. The highest BCUT2D eigenvalue weighted by molar-refractivity contribution is 6.06. The summed E-state index contributed by atoms with van der Waals surface area (Å²) in [7, 11) is 0. The second kappa shape index (κ2) is 6.90. The number of aryl methyl sites for hydroxylation is 1. The fraction of sp³-hybridized carbons (Fsp3) is 0.333. The number of pyridine rings is 1. The van der Waals surface area contributed by atoms with Gasteiger partial charge >= 0.3 is 0 Å². The molecule has 4 rings (SSSR count). The van der Waals surface area contributed by atoms with Crippen molar-refractivity contribution in [1.82, 2.24) is 9.88 Å². The van der Waals surface area contributed by atoms with Crippen LogP contribution in [0, 0.1) is 12.7 Å². The number of carbonyl (C=O) groups excluding carboxylic acids is 1. The van der Waals surface area contributed by atoms with Gasteiger partial charge in [-0.25, -0.2) is 4.39 Å². The molecule has 1 aliphatic rings. The molecule has 1 aromatic carbocycles. The van der Waals surface area contributed by atoms with Gasteiger partial charge in [0.25, 0.3) is 5.91 Å². The van der Waals surface area contributed by atoms with E-state index in [1.54, 1.807) is 18.4 Å². The molecule has 0 N–H and O–H groups in total. The molecule has 1 unspecified atom stereocenters. The zero-order valence-electron chi connectivity index (χ0n) is 14.7. The summed E-state index contributed by atoms with van der Waals surface area (Å²) in [5.74, 6) is 0.425.